The fraction of sp³-hybridized carbons (Fsp3) is 0.750. The summed E-state index contributed by atoms with van der Waals surface area (Å²) in [6.45, 7) is 5.94. The maximum absolute atomic E-state index is 10.9. The Morgan fingerprint density at radius 2 is 2.31 bits per heavy atom. The van der Waals surface area contributed by atoms with Crippen LogP contribution in [0.1, 0.15) is 13.3 Å². The Morgan fingerprint density at radius 3 is 2.69 bits per heavy atom. The lowest BCUT2D eigenvalue weighted by Gasteiger charge is -2.11. The zero-order chi connectivity index (χ0) is 10.1. The molecule has 0 aromatic heterocycles. The van der Waals surface area contributed by atoms with Crippen molar-refractivity contribution < 1.29 is 17.3 Å². The second-order valence-corrected chi connectivity index (χ2v) is 4.67. The first-order chi connectivity index (χ1) is 5.93. The molecule has 76 valence electrons. The molecule has 0 amide bonds. The van der Waals surface area contributed by atoms with Gasteiger partial charge in [-0.3, -0.25) is 4.18 Å². The third-order valence-corrected chi connectivity index (χ3v) is 2.52. The van der Waals surface area contributed by atoms with Crippen molar-refractivity contribution >= 4 is 10.1 Å². The Bertz CT molecular complexity index is 295. The molecule has 0 spiro atoms. The largest absolute Gasteiger partial charge is 0.375 e. The van der Waals surface area contributed by atoms with E-state index < -0.39 is 15.7 Å². The van der Waals surface area contributed by atoms with Gasteiger partial charge in [-0.15, -0.1) is 6.58 Å². The van der Waals surface area contributed by atoms with Crippen LogP contribution in [0, 0.1) is 0 Å². The van der Waals surface area contributed by atoms with E-state index >= 15 is 0 Å². The minimum atomic E-state index is -3.43. The number of hydrogen-bond donors (Lipinski definition) is 0. The van der Waals surface area contributed by atoms with Crippen molar-refractivity contribution in [1.29, 1.82) is 0 Å². The molecule has 0 radical (unpaired) electrons. The summed E-state index contributed by atoms with van der Waals surface area (Å²) < 4.78 is 31.9. The average Bonchev–Trinajstić information content (AvgIpc) is 2.61. The Kier molecular flexibility index (Phi) is 2.79. The third-order valence-electron chi connectivity index (χ3n) is 1.91. The van der Waals surface area contributed by atoms with E-state index in [4.69, 9.17) is 8.92 Å². The van der Waals surface area contributed by atoms with Gasteiger partial charge in [0.05, 0.1) is 12.4 Å². The van der Waals surface area contributed by atoms with E-state index in [-0.39, 0.29) is 6.10 Å². The molecule has 0 aliphatic heterocycles. The maximum atomic E-state index is 10.9. The molecule has 1 rings (SSSR count). The SMILES string of the molecule is C=C[C@]1(OS(C)(=O)=O)C[C@H]1OCC. The van der Waals surface area contributed by atoms with Crippen molar-refractivity contribution in [2.45, 2.75) is 25.0 Å². The lowest BCUT2D eigenvalue weighted by atomic mass is 10.3. The van der Waals surface area contributed by atoms with Gasteiger partial charge in [-0.25, -0.2) is 0 Å². The van der Waals surface area contributed by atoms with Gasteiger partial charge in [0.15, 0.2) is 0 Å². The van der Waals surface area contributed by atoms with Crippen molar-refractivity contribution in [3.05, 3.63) is 12.7 Å². The highest BCUT2D eigenvalue weighted by Gasteiger charge is 2.57. The first kappa shape index (κ1) is 10.7. The fourth-order valence-electron chi connectivity index (χ4n) is 1.25. The monoisotopic (exact) mass is 206 g/mol. The molecule has 1 aliphatic rings. The van der Waals surface area contributed by atoms with Crippen LogP contribution >= 0.6 is 0 Å². The lowest BCUT2D eigenvalue weighted by Crippen LogP contribution is -2.21. The average molecular weight is 206 g/mol. The summed E-state index contributed by atoms with van der Waals surface area (Å²) in [5.41, 5.74) is -0.802. The molecule has 0 N–H and O–H groups in total. The van der Waals surface area contributed by atoms with Crippen molar-refractivity contribution in [3.63, 3.8) is 0 Å². The van der Waals surface area contributed by atoms with Crippen molar-refractivity contribution in [1.82, 2.24) is 0 Å². The number of hydrogen-bond acceptors (Lipinski definition) is 4. The quantitative estimate of drug-likeness (QED) is 0.490. The molecule has 5 heteroatoms. The van der Waals surface area contributed by atoms with Gasteiger partial charge in [0.2, 0.25) is 0 Å². The summed E-state index contributed by atoms with van der Waals surface area (Å²) in [7, 11) is -3.43. The third kappa shape index (κ3) is 2.52. The second kappa shape index (κ2) is 3.40. The van der Waals surface area contributed by atoms with Crippen LogP contribution in [0.5, 0.6) is 0 Å². The first-order valence-corrected chi connectivity index (χ1v) is 5.91. The van der Waals surface area contributed by atoms with Gasteiger partial charge in [0.1, 0.15) is 5.60 Å². The highest BCUT2D eigenvalue weighted by atomic mass is 32.2. The van der Waals surface area contributed by atoms with Crippen molar-refractivity contribution in [2.24, 2.45) is 0 Å². The summed E-state index contributed by atoms with van der Waals surface area (Å²) in [6.07, 6.45) is 2.93. The molecule has 0 aromatic rings. The van der Waals surface area contributed by atoms with Gasteiger partial charge in [-0.1, -0.05) is 6.08 Å². The summed E-state index contributed by atoms with van der Waals surface area (Å²) in [5.74, 6) is 0. The zero-order valence-corrected chi connectivity index (χ0v) is 8.63. The van der Waals surface area contributed by atoms with Crippen LogP contribution in [0.3, 0.4) is 0 Å². The highest BCUT2D eigenvalue weighted by Crippen LogP contribution is 2.44. The van der Waals surface area contributed by atoms with E-state index in [1.807, 2.05) is 6.92 Å². The molecular formula is C8H14O4S. The molecule has 1 saturated carbocycles. The highest BCUT2D eigenvalue weighted by molar-refractivity contribution is 7.86. The van der Waals surface area contributed by atoms with Crippen molar-refractivity contribution in [2.75, 3.05) is 12.9 Å². The molecule has 0 aromatic carbocycles. The van der Waals surface area contributed by atoms with Crippen LogP contribution in [0.4, 0.5) is 0 Å². The Balaban J connectivity index is 2.61. The minimum Gasteiger partial charge on any atom is -0.375 e. The van der Waals surface area contributed by atoms with Crippen LogP contribution < -0.4 is 0 Å². The van der Waals surface area contributed by atoms with Gasteiger partial charge in [0.25, 0.3) is 10.1 Å². The summed E-state index contributed by atoms with van der Waals surface area (Å²) in [5, 5.41) is 0. The van der Waals surface area contributed by atoms with Gasteiger partial charge in [-0.05, 0) is 6.92 Å². The molecule has 1 fully saturated rings. The van der Waals surface area contributed by atoms with E-state index in [1.165, 1.54) is 6.08 Å². The Labute approximate surface area is 78.7 Å². The number of rotatable bonds is 5. The van der Waals surface area contributed by atoms with Crippen LogP contribution in [-0.2, 0) is 19.0 Å². The lowest BCUT2D eigenvalue weighted by molar-refractivity contribution is 0.0777. The van der Waals surface area contributed by atoms with E-state index in [1.54, 1.807) is 0 Å². The van der Waals surface area contributed by atoms with Gasteiger partial charge in [-0.2, -0.15) is 8.42 Å². The maximum Gasteiger partial charge on any atom is 0.265 e. The molecule has 0 saturated heterocycles. The zero-order valence-electron chi connectivity index (χ0n) is 7.82. The van der Waals surface area contributed by atoms with E-state index in [9.17, 15) is 8.42 Å². The van der Waals surface area contributed by atoms with E-state index in [0.717, 1.165) is 6.26 Å². The van der Waals surface area contributed by atoms with Crippen LogP contribution in [0.15, 0.2) is 12.7 Å². The van der Waals surface area contributed by atoms with Gasteiger partial charge in [0, 0.05) is 13.0 Å². The Hall–Kier alpha value is -0.390. The second-order valence-electron chi connectivity index (χ2n) is 3.09. The molecule has 1 aliphatic carbocycles. The molecule has 0 heterocycles. The molecule has 0 unspecified atom stereocenters. The van der Waals surface area contributed by atoms with Gasteiger partial charge >= 0.3 is 0 Å². The van der Waals surface area contributed by atoms with E-state index in [2.05, 4.69) is 6.58 Å². The van der Waals surface area contributed by atoms with E-state index in [0.29, 0.717) is 13.0 Å². The fourth-order valence-corrected chi connectivity index (χ4v) is 2.06. The van der Waals surface area contributed by atoms with Crippen molar-refractivity contribution in [3.8, 4) is 0 Å². The molecule has 4 nitrogen and oxygen atoms in total. The summed E-state index contributed by atoms with van der Waals surface area (Å²) in [4.78, 5) is 0. The summed E-state index contributed by atoms with van der Waals surface area (Å²) >= 11 is 0. The molecule has 2 atom stereocenters. The molecule has 0 bridgehead atoms. The predicted molar refractivity (Wildman–Crippen MR) is 48.9 cm³/mol. The first-order valence-electron chi connectivity index (χ1n) is 4.09. The number of ether oxygens (including phenoxy) is 1. The van der Waals surface area contributed by atoms with Gasteiger partial charge < -0.3 is 4.74 Å². The molecule has 13 heavy (non-hydrogen) atoms. The Morgan fingerprint density at radius 1 is 1.69 bits per heavy atom. The van der Waals surface area contributed by atoms with Crippen LogP contribution in [0.2, 0.25) is 0 Å². The summed E-state index contributed by atoms with van der Waals surface area (Å²) in [6, 6.07) is 0. The topological polar surface area (TPSA) is 52.6 Å². The standard InChI is InChI=1S/C8H14O4S/c1-4-8(12-13(3,9)10)6-7(8)11-5-2/h4,7H,1,5-6H2,2-3H3/t7-,8+/m1/s1. The normalized spacial score (nSPS) is 32.9. The molecular weight excluding hydrogens is 192 g/mol. The van der Waals surface area contributed by atoms with Crippen LogP contribution in [0.25, 0.3) is 0 Å². The smallest absolute Gasteiger partial charge is 0.265 e. The van der Waals surface area contributed by atoms with Crippen LogP contribution in [-0.4, -0.2) is 33.0 Å². The minimum absolute atomic E-state index is 0.162. The predicted octanol–water partition coefficient (Wildman–Crippen LogP) is 0.696.